The first kappa shape index (κ1) is 22.3. The Morgan fingerprint density at radius 1 is 1.27 bits per heavy atom. The zero-order valence-electron chi connectivity index (χ0n) is 17.7. The lowest BCUT2D eigenvalue weighted by Crippen LogP contribution is -2.64. The number of carbonyl (C=O) groups is 2. The number of aromatic amines is 1. The van der Waals surface area contributed by atoms with Gasteiger partial charge in [0.15, 0.2) is 0 Å². The van der Waals surface area contributed by atoms with E-state index < -0.39 is 11.2 Å². The van der Waals surface area contributed by atoms with Gasteiger partial charge < -0.3 is 14.6 Å². The van der Waals surface area contributed by atoms with Crippen LogP contribution in [0.5, 0.6) is 0 Å². The maximum Gasteiger partial charge on any atom is 0.328 e. The van der Waals surface area contributed by atoms with E-state index in [1.807, 2.05) is 4.90 Å². The monoisotopic (exact) mass is 420 g/mol. The molecule has 0 spiro atoms. The average Bonchev–Trinajstić information content (AvgIpc) is 2.74. The van der Waals surface area contributed by atoms with Crippen LogP contribution in [0.3, 0.4) is 0 Å². The van der Waals surface area contributed by atoms with Gasteiger partial charge in [-0.15, -0.1) is 0 Å². The Kier molecular flexibility index (Phi) is 7.12. The highest BCUT2D eigenvalue weighted by Gasteiger charge is 2.47. The standard InChI is InChI=1S/C20H30N4O3.CH2O2/c1-3-6-16-13-9-14(17-7-4-5-8-24(16)17)11-23(10-13)19(26)15-12-22(2)20(27)21-18(15)25;2-1-3/h12-14,16-17H,3-11H2,1-2H3,(H,21,25,27);1H,(H,2,3)/t13-,14+,16-,17-;/m0./s1. The molecule has 0 unspecified atom stereocenters. The number of hydrogen-bond donors (Lipinski definition) is 2. The topological polar surface area (TPSA) is 116 Å². The van der Waals surface area contributed by atoms with Gasteiger partial charge in [-0.1, -0.05) is 19.8 Å². The van der Waals surface area contributed by atoms with Gasteiger partial charge in [-0.2, -0.15) is 0 Å². The first-order chi connectivity index (χ1) is 14.4. The SMILES string of the molecule is CCC[C@H]1[C@H]2C[C@H](CN(C(=O)c3cn(C)c(=O)[nH]c3=O)C2)[C@@H]2CCCCN21.O=CO. The predicted octanol–water partition coefficient (Wildman–Crippen LogP) is 0.890. The summed E-state index contributed by atoms with van der Waals surface area (Å²) in [5.41, 5.74) is -0.999. The molecular weight excluding hydrogens is 388 g/mol. The Bertz CT molecular complexity index is 879. The highest BCUT2D eigenvalue weighted by Crippen LogP contribution is 2.42. The summed E-state index contributed by atoms with van der Waals surface area (Å²) in [6.07, 6.45) is 8.69. The zero-order chi connectivity index (χ0) is 21.8. The molecule has 1 amide bonds. The minimum absolute atomic E-state index is 0.0737. The maximum atomic E-state index is 13.1. The Morgan fingerprint density at radius 2 is 1.97 bits per heavy atom. The van der Waals surface area contributed by atoms with Gasteiger partial charge in [0.2, 0.25) is 0 Å². The van der Waals surface area contributed by atoms with Crippen molar-refractivity contribution in [3.8, 4) is 0 Å². The third kappa shape index (κ3) is 4.35. The minimum Gasteiger partial charge on any atom is -0.483 e. The second kappa shape index (κ2) is 9.59. The number of fused-ring (bicyclic) bond motifs is 4. The first-order valence-electron chi connectivity index (χ1n) is 10.8. The number of carbonyl (C=O) groups excluding carboxylic acids is 1. The number of aromatic nitrogens is 2. The van der Waals surface area contributed by atoms with Crippen molar-refractivity contribution in [1.29, 1.82) is 0 Å². The second-order valence-electron chi connectivity index (χ2n) is 8.64. The van der Waals surface area contributed by atoms with E-state index in [9.17, 15) is 14.4 Å². The van der Waals surface area contributed by atoms with E-state index in [1.54, 1.807) is 7.05 Å². The van der Waals surface area contributed by atoms with Gasteiger partial charge in [0.25, 0.3) is 17.9 Å². The number of nitrogens with zero attached hydrogens (tertiary/aromatic N) is 3. The fourth-order valence-corrected chi connectivity index (χ4v) is 5.65. The van der Waals surface area contributed by atoms with Gasteiger partial charge in [-0.3, -0.25) is 24.3 Å². The average molecular weight is 421 g/mol. The molecule has 9 heteroatoms. The fourth-order valence-electron chi connectivity index (χ4n) is 5.65. The van der Waals surface area contributed by atoms with E-state index in [0.29, 0.717) is 30.5 Å². The minimum atomic E-state index is -0.580. The number of H-pyrrole nitrogens is 1. The number of carboxylic acid groups (broad SMARTS) is 1. The molecule has 30 heavy (non-hydrogen) atoms. The lowest BCUT2D eigenvalue weighted by atomic mass is 9.71. The highest BCUT2D eigenvalue weighted by atomic mass is 16.3. The van der Waals surface area contributed by atoms with Crippen LogP contribution in [0.4, 0.5) is 0 Å². The summed E-state index contributed by atoms with van der Waals surface area (Å²) in [7, 11) is 1.55. The Hall–Kier alpha value is -2.42. The molecule has 2 bridgehead atoms. The molecule has 0 aliphatic carbocycles. The Labute approximate surface area is 175 Å². The smallest absolute Gasteiger partial charge is 0.328 e. The van der Waals surface area contributed by atoms with Crippen molar-refractivity contribution in [2.24, 2.45) is 18.9 Å². The first-order valence-corrected chi connectivity index (χ1v) is 10.8. The molecule has 0 saturated carbocycles. The van der Waals surface area contributed by atoms with Crippen LogP contribution in [-0.4, -0.2) is 68.6 Å². The van der Waals surface area contributed by atoms with E-state index in [4.69, 9.17) is 9.90 Å². The number of aryl methyl sites for hydroxylation is 1. The van der Waals surface area contributed by atoms with Crippen molar-refractivity contribution < 1.29 is 14.7 Å². The van der Waals surface area contributed by atoms with Crippen LogP contribution >= 0.6 is 0 Å². The number of nitrogens with one attached hydrogen (secondary N) is 1. The molecule has 1 aromatic rings. The molecule has 0 aromatic carbocycles. The fraction of sp³-hybridized carbons (Fsp3) is 0.714. The van der Waals surface area contributed by atoms with Crippen LogP contribution < -0.4 is 11.2 Å². The number of amides is 1. The Balaban J connectivity index is 0.000000806. The molecule has 9 nitrogen and oxygen atoms in total. The summed E-state index contributed by atoms with van der Waals surface area (Å²) >= 11 is 0. The molecule has 4 heterocycles. The largest absolute Gasteiger partial charge is 0.483 e. The number of likely N-dealkylation sites (tertiary alicyclic amines) is 1. The summed E-state index contributed by atoms with van der Waals surface area (Å²) in [4.78, 5) is 52.1. The number of piperidine rings is 3. The lowest BCUT2D eigenvalue weighted by molar-refractivity contribution is -0.122. The molecule has 1 aromatic heterocycles. The third-order valence-corrected chi connectivity index (χ3v) is 6.83. The van der Waals surface area contributed by atoms with Gasteiger partial charge in [0.1, 0.15) is 5.56 Å². The van der Waals surface area contributed by atoms with E-state index in [0.717, 1.165) is 13.0 Å². The van der Waals surface area contributed by atoms with Crippen molar-refractivity contribution in [3.05, 3.63) is 32.6 Å². The summed E-state index contributed by atoms with van der Waals surface area (Å²) < 4.78 is 1.27. The van der Waals surface area contributed by atoms with Crippen LogP contribution in [0.1, 0.15) is 55.8 Å². The highest BCUT2D eigenvalue weighted by molar-refractivity contribution is 5.93. The van der Waals surface area contributed by atoms with Crippen LogP contribution in [0, 0.1) is 11.8 Å². The molecule has 4 atom stereocenters. The molecule has 0 radical (unpaired) electrons. The molecule has 3 aliphatic rings. The van der Waals surface area contributed by atoms with Crippen molar-refractivity contribution in [1.82, 2.24) is 19.4 Å². The second-order valence-corrected chi connectivity index (χ2v) is 8.64. The van der Waals surface area contributed by atoms with Gasteiger partial charge in [-0.05, 0) is 44.1 Å². The number of rotatable bonds is 3. The molecule has 3 saturated heterocycles. The Morgan fingerprint density at radius 3 is 2.67 bits per heavy atom. The summed E-state index contributed by atoms with van der Waals surface area (Å²) in [5.74, 6) is 0.738. The van der Waals surface area contributed by atoms with E-state index in [-0.39, 0.29) is 17.9 Å². The third-order valence-electron chi connectivity index (χ3n) is 6.83. The van der Waals surface area contributed by atoms with Gasteiger partial charge in [0.05, 0.1) is 0 Å². The molecule has 2 N–H and O–H groups in total. The quantitative estimate of drug-likeness (QED) is 0.702. The van der Waals surface area contributed by atoms with E-state index >= 15 is 0 Å². The molecule has 3 aliphatic heterocycles. The van der Waals surface area contributed by atoms with Crippen molar-refractivity contribution in [3.63, 3.8) is 0 Å². The van der Waals surface area contributed by atoms with Crippen molar-refractivity contribution in [2.45, 2.75) is 57.5 Å². The van der Waals surface area contributed by atoms with E-state index in [2.05, 4.69) is 16.8 Å². The van der Waals surface area contributed by atoms with Gasteiger partial charge >= 0.3 is 5.69 Å². The van der Waals surface area contributed by atoms with E-state index in [1.165, 1.54) is 49.4 Å². The van der Waals surface area contributed by atoms with Crippen LogP contribution in [0.2, 0.25) is 0 Å². The van der Waals surface area contributed by atoms with Gasteiger partial charge in [-0.25, -0.2) is 4.79 Å². The predicted molar refractivity (Wildman–Crippen MR) is 112 cm³/mol. The summed E-state index contributed by atoms with van der Waals surface area (Å²) in [6, 6.07) is 1.12. The number of hydrogen-bond acceptors (Lipinski definition) is 5. The molecule has 3 fully saturated rings. The van der Waals surface area contributed by atoms with Gasteiger partial charge in [0, 0.05) is 38.4 Å². The molecule has 4 rings (SSSR count). The van der Waals surface area contributed by atoms with Crippen LogP contribution in [-0.2, 0) is 11.8 Å². The molecule has 166 valence electrons. The van der Waals surface area contributed by atoms with Crippen LogP contribution in [0.15, 0.2) is 15.8 Å². The van der Waals surface area contributed by atoms with Crippen molar-refractivity contribution in [2.75, 3.05) is 19.6 Å². The zero-order valence-corrected chi connectivity index (χ0v) is 17.7. The lowest BCUT2D eigenvalue weighted by Gasteiger charge is -2.57. The van der Waals surface area contributed by atoms with Crippen molar-refractivity contribution >= 4 is 12.4 Å². The summed E-state index contributed by atoms with van der Waals surface area (Å²) in [5, 5.41) is 6.89. The molecular formula is C21H32N4O5. The van der Waals surface area contributed by atoms with Crippen LogP contribution in [0.25, 0.3) is 0 Å². The maximum absolute atomic E-state index is 13.1. The normalized spacial score (nSPS) is 28.1. The summed E-state index contributed by atoms with van der Waals surface area (Å²) in [6.45, 7) is 4.61.